The van der Waals surface area contributed by atoms with Crippen LogP contribution in [0, 0.1) is 0 Å². The molecule has 0 heterocycles. The Hall–Kier alpha value is -1.66. The average Bonchev–Trinajstić information content (AvgIpc) is 3.36. The summed E-state index contributed by atoms with van der Waals surface area (Å²) in [6.45, 7) is 4.89. The van der Waals surface area contributed by atoms with Crippen molar-refractivity contribution >= 4 is 11.9 Å². The van der Waals surface area contributed by atoms with E-state index in [4.69, 9.17) is 4.74 Å². The molecule has 0 radical (unpaired) electrons. The maximum Gasteiger partial charge on any atom is 0.305 e. The molecule has 0 rings (SSSR count). The van der Waals surface area contributed by atoms with E-state index in [0.29, 0.717) is 25.9 Å². The Morgan fingerprint density at radius 3 is 1.01 bits per heavy atom. The number of aliphatic hydroxyl groups is 2. The molecule has 2 atom stereocenters. The van der Waals surface area contributed by atoms with E-state index in [1.165, 1.54) is 238 Å². The second-order valence-electron chi connectivity index (χ2n) is 21.7. The number of unbranched alkanes of at least 4 members (excludes halogenated alkanes) is 44. The van der Waals surface area contributed by atoms with Crippen molar-refractivity contribution in [1.29, 1.82) is 0 Å². The van der Waals surface area contributed by atoms with Crippen LogP contribution in [0.3, 0.4) is 0 Å². The molecule has 0 aliphatic heterocycles. The lowest BCUT2D eigenvalue weighted by molar-refractivity contribution is -0.143. The number of rotatable bonds is 59. The molecule has 0 aromatic rings. The lowest BCUT2D eigenvalue weighted by Gasteiger charge is -2.22. The van der Waals surface area contributed by atoms with Crippen LogP contribution in [0.1, 0.15) is 348 Å². The molecule has 70 heavy (non-hydrogen) atoms. The highest BCUT2D eigenvalue weighted by Crippen LogP contribution is 2.18. The highest BCUT2D eigenvalue weighted by molar-refractivity contribution is 5.76. The van der Waals surface area contributed by atoms with E-state index in [1.54, 1.807) is 0 Å². The zero-order valence-corrected chi connectivity index (χ0v) is 47.3. The average molecular weight is 987 g/mol. The number of hydrogen-bond acceptors (Lipinski definition) is 5. The summed E-state index contributed by atoms with van der Waals surface area (Å²) in [6.07, 6.45) is 73.4. The van der Waals surface area contributed by atoms with Crippen molar-refractivity contribution in [1.82, 2.24) is 5.32 Å². The van der Waals surface area contributed by atoms with Crippen molar-refractivity contribution in [2.75, 3.05) is 13.2 Å². The van der Waals surface area contributed by atoms with Gasteiger partial charge in [-0.15, -0.1) is 0 Å². The van der Waals surface area contributed by atoms with Crippen LogP contribution in [0.15, 0.2) is 24.3 Å². The molecule has 0 aliphatic rings. The second-order valence-corrected chi connectivity index (χ2v) is 21.7. The number of hydrogen-bond donors (Lipinski definition) is 3. The summed E-state index contributed by atoms with van der Waals surface area (Å²) in [5, 5.41) is 23.4. The lowest BCUT2D eigenvalue weighted by Crippen LogP contribution is -2.45. The predicted octanol–water partition coefficient (Wildman–Crippen LogP) is 19.8. The van der Waals surface area contributed by atoms with Crippen molar-refractivity contribution in [3.63, 3.8) is 0 Å². The number of carbonyl (C=O) groups is 2. The first-order chi connectivity index (χ1) is 34.5. The number of allylic oxidation sites excluding steroid dienone is 4. The number of aliphatic hydroxyl groups excluding tert-OH is 2. The second kappa shape index (κ2) is 59.9. The number of nitrogens with one attached hydrogen (secondary N) is 1. The molecule has 2 unspecified atom stereocenters. The Kier molecular flexibility index (Phi) is 58.5. The number of amides is 1. The molecule has 0 spiro atoms. The SMILES string of the molecule is CCCCCCCCC/C=C\CCCCCCCCCC(=O)OCCCC/C=C\CCCCCCC(=O)NC(CO)C(O)CCCCCCCCCCCCCCCCCCCCCCCCCCC. The molecule has 0 aromatic carbocycles. The van der Waals surface area contributed by atoms with Crippen LogP contribution in [-0.4, -0.2) is 47.4 Å². The van der Waals surface area contributed by atoms with Gasteiger partial charge in [0.25, 0.3) is 0 Å². The first-order valence-corrected chi connectivity index (χ1v) is 31.6. The van der Waals surface area contributed by atoms with Gasteiger partial charge in [-0.05, 0) is 77.0 Å². The van der Waals surface area contributed by atoms with Crippen LogP contribution in [0.25, 0.3) is 0 Å². The Morgan fingerprint density at radius 2 is 0.671 bits per heavy atom. The molecule has 3 N–H and O–H groups in total. The molecule has 6 nitrogen and oxygen atoms in total. The zero-order chi connectivity index (χ0) is 50.7. The van der Waals surface area contributed by atoms with Gasteiger partial charge < -0.3 is 20.3 Å². The quantitative estimate of drug-likeness (QED) is 0.0321. The van der Waals surface area contributed by atoms with E-state index in [1.807, 2.05) is 0 Å². The van der Waals surface area contributed by atoms with Gasteiger partial charge in [0.2, 0.25) is 5.91 Å². The summed E-state index contributed by atoms with van der Waals surface area (Å²) in [6, 6.07) is -0.569. The van der Waals surface area contributed by atoms with Gasteiger partial charge in [-0.1, -0.05) is 282 Å². The normalized spacial score (nSPS) is 12.7. The van der Waals surface area contributed by atoms with Crippen LogP contribution in [0.4, 0.5) is 0 Å². The minimum atomic E-state index is -0.688. The van der Waals surface area contributed by atoms with E-state index < -0.39 is 12.1 Å². The Bertz CT molecular complexity index is 1090. The molecule has 0 saturated carbocycles. The minimum absolute atomic E-state index is 0.0380. The van der Waals surface area contributed by atoms with E-state index in [0.717, 1.165) is 77.0 Å². The molecule has 0 bridgehead atoms. The highest BCUT2D eigenvalue weighted by atomic mass is 16.5. The van der Waals surface area contributed by atoms with Crippen LogP contribution >= 0.6 is 0 Å². The topological polar surface area (TPSA) is 95.9 Å². The van der Waals surface area contributed by atoms with Crippen molar-refractivity contribution in [2.45, 2.75) is 360 Å². The molecule has 6 heteroatoms. The summed E-state index contributed by atoms with van der Waals surface area (Å²) < 4.78 is 5.46. The molecule has 0 saturated heterocycles. The van der Waals surface area contributed by atoms with Gasteiger partial charge in [-0.2, -0.15) is 0 Å². The fourth-order valence-electron chi connectivity index (χ4n) is 9.87. The monoisotopic (exact) mass is 986 g/mol. The van der Waals surface area contributed by atoms with Gasteiger partial charge in [-0.3, -0.25) is 9.59 Å². The van der Waals surface area contributed by atoms with E-state index in [-0.39, 0.29) is 18.5 Å². The van der Waals surface area contributed by atoms with Gasteiger partial charge in [-0.25, -0.2) is 0 Å². The number of esters is 1. The van der Waals surface area contributed by atoms with E-state index in [9.17, 15) is 19.8 Å². The third kappa shape index (κ3) is 55.7. The maximum absolute atomic E-state index is 12.5. The largest absolute Gasteiger partial charge is 0.466 e. The summed E-state index contributed by atoms with van der Waals surface area (Å²) in [4.78, 5) is 24.6. The van der Waals surface area contributed by atoms with Crippen molar-refractivity contribution in [2.24, 2.45) is 0 Å². The molecular weight excluding hydrogens is 863 g/mol. The standard InChI is InChI=1S/C64H123NO5/c1-3-5-7-9-11-13-15-17-19-21-23-24-25-26-27-28-29-30-32-34-36-40-44-48-52-56-62(67)61(60-66)65-63(68)57-53-49-45-41-38-39-43-47-51-55-59-70-64(69)58-54-50-46-42-37-35-33-31-22-20-18-16-14-12-10-8-6-4-2/h20,22,39,43,61-62,66-67H,3-19,21,23-38,40-42,44-60H2,1-2H3,(H,65,68)/b22-20-,43-39-. The minimum Gasteiger partial charge on any atom is -0.466 e. The molecule has 1 amide bonds. The van der Waals surface area contributed by atoms with E-state index in [2.05, 4.69) is 43.5 Å². The molecule has 414 valence electrons. The smallest absolute Gasteiger partial charge is 0.305 e. The number of ether oxygens (including phenoxy) is 1. The Morgan fingerprint density at radius 1 is 0.386 bits per heavy atom. The predicted molar refractivity (Wildman–Crippen MR) is 306 cm³/mol. The van der Waals surface area contributed by atoms with Crippen LogP contribution in [0.2, 0.25) is 0 Å². The summed E-state index contributed by atoms with van der Waals surface area (Å²) in [7, 11) is 0. The summed E-state index contributed by atoms with van der Waals surface area (Å²) in [5.41, 5.74) is 0. The molecule has 0 aliphatic carbocycles. The third-order valence-electron chi connectivity index (χ3n) is 14.7. The van der Waals surface area contributed by atoms with E-state index >= 15 is 0 Å². The van der Waals surface area contributed by atoms with Gasteiger partial charge in [0.1, 0.15) is 0 Å². The van der Waals surface area contributed by atoms with Gasteiger partial charge in [0.05, 0.1) is 25.4 Å². The fourth-order valence-corrected chi connectivity index (χ4v) is 9.87. The maximum atomic E-state index is 12.5. The van der Waals surface area contributed by atoms with Crippen molar-refractivity contribution in [3.8, 4) is 0 Å². The summed E-state index contributed by atoms with van der Waals surface area (Å²) in [5.74, 6) is -0.105. The zero-order valence-electron chi connectivity index (χ0n) is 47.3. The molecule has 0 aromatic heterocycles. The van der Waals surface area contributed by atoms with Crippen LogP contribution in [-0.2, 0) is 14.3 Å². The fraction of sp³-hybridized carbons (Fsp3) is 0.906. The molecule has 0 fully saturated rings. The summed E-state index contributed by atoms with van der Waals surface area (Å²) >= 11 is 0. The van der Waals surface area contributed by atoms with Crippen molar-refractivity contribution < 1.29 is 24.5 Å². The first-order valence-electron chi connectivity index (χ1n) is 31.6. The lowest BCUT2D eigenvalue weighted by atomic mass is 10.0. The van der Waals surface area contributed by atoms with Gasteiger partial charge in [0, 0.05) is 12.8 Å². The van der Waals surface area contributed by atoms with Crippen molar-refractivity contribution in [3.05, 3.63) is 24.3 Å². The van der Waals surface area contributed by atoms with Gasteiger partial charge in [0.15, 0.2) is 0 Å². The van der Waals surface area contributed by atoms with Crippen LogP contribution < -0.4 is 5.32 Å². The first kappa shape index (κ1) is 68.3. The third-order valence-corrected chi connectivity index (χ3v) is 14.7. The van der Waals surface area contributed by atoms with Crippen LogP contribution in [0.5, 0.6) is 0 Å². The molecular formula is C64H123NO5. The van der Waals surface area contributed by atoms with Gasteiger partial charge >= 0.3 is 5.97 Å². The Labute approximate surface area is 437 Å². The number of carbonyl (C=O) groups excluding carboxylic acids is 2. The Balaban J connectivity index is 3.48. The highest BCUT2D eigenvalue weighted by Gasteiger charge is 2.20.